The zero-order valence-electron chi connectivity index (χ0n) is 11.1. The van der Waals surface area contributed by atoms with Gasteiger partial charge in [0.25, 0.3) is 0 Å². The third-order valence-electron chi connectivity index (χ3n) is 3.34. The van der Waals surface area contributed by atoms with Gasteiger partial charge in [-0.25, -0.2) is 0 Å². The highest BCUT2D eigenvalue weighted by molar-refractivity contribution is 5.85. The summed E-state index contributed by atoms with van der Waals surface area (Å²) >= 11 is 0. The molecule has 0 bridgehead atoms. The Balaban J connectivity index is 0.00000162. The molecule has 1 aromatic rings. The average Bonchev–Trinajstić information content (AvgIpc) is 3.03. The summed E-state index contributed by atoms with van der Waals surface area (Å²) in [5.74, 6) is 2.29. The molecule has 1 unspecified atom stereocenters. The lowest BCUT2D eigenvalue weighted by molar-refractivity contribution is 0.208. The number of aromatic nitrogens is 2. The van der Waals surface area contributed by atoms with Gasteiger partial charge in [-0.1, -0.05) is 12.1 Å². The van der Waals surface area contributed by atoms with Crippen molar-refractivity contribution >= 4 is 12.4 Å². The summed E-state index contributed by atoms with van der Waals surface area (Å²) in [6.45, 7) is 3.54. The maximum Gasteiger partial charge on any atom is 0.226 e. The van der Waals surface area contributed by atoms with Crippen LogP contribution in [-0.2, 0) is 13.0 Å². The Hall–Kier alpha value is -0.650. The summed E-state index contributed by atoms with van der Waals surface area (Å²) in [6.07, 6.45) is 4.50. The molecule has 0 saturated heterocycles. The maximum atomic E-state index is 5.82. The third-order valence-corrected chi connectivity index (χ3v) is 3.34. The van der Waals surface area contributed by atoms with Gasteiger partial charge >= 0.3 is 0 Å². The van der Waals surface area contributed by atoms with Crippen LogP contribution in [0.3, 0.4) is 0 Å². The minimum atomic E-state index is 0. The predicted octanol–water partition coefficient (Wildman–Crippen LogP) is 1.61. The Kier molecular flexibility index (Phi) is 6.05. The van der Waals surface area contributed by atoms with Gasteiger partial charge in [0.15, 0.2) is 5.82 Å². The van der Waals surface area contributed by atoms with Crippen LogP contribution in [0.2, 0.25) is 0 Å². The van der Waals surface area contributed by atoms with Gasteiger partial charge < -0.3 is 10.3 Å². The van der Waals surface area contributed by atoms with Crippen molar-refractivity contribution in [2.24, 2.45) is 11.7 Å². The van der Waals surface area contributed by atoms with E-state index in [9.17, 15) is 0 Å². The summed E-state index contributed by atoms with van der Waals surface area (Å²) in [6, 6.07) is 0.461. The molecular weight excluding hydrogens is 252 g/mol. The Bertz CT molecular complexity index is 354. The maximum absolute atomic E-state index is 5.82. The highest BCUT2D eigenvalue weighted by Gasteiger charge is 2.33. The minimum Gasteiger partial charge on any atom is -0.339 e. The Labute approximate surface area is 115 Å². The summed E-state index contributed by atoms with van der Waals surface area (Å²) in [4.78, 5) is 6.62. The van der Waals surface area contributed by atoms with E-state index >= 15 is 0 Å². The molecule has 2 rings (SSSR count). The number of nitrogens with zero attached hydrogens (tertiary/aromatic N) is 3. The first kappa shape index (κ1) is 15.4. The average molecular weight is 275 g/mol. The number of hydrogen-bond donors (Lipinski definition) is 1. The molecule has 0 aliphatic heterocycles. The van der Waals surface area contributed by atoms with E-state index in [2.05, 4.69) is 29.0 Å². The van der Waals surface area contributed by atoms with E-state index in [1.54, 1.807) is 0 Å². The first-order valence-corrected chi connectivity index (χ1v) is 6.46. The second-order valence-electron chi connectivity index (χ2n) is 4.91. The minimum absolute atomic E-state index is 0. The predicted molar refractivity (Wildman–Crippen MR) is 72.6 cm³/mol. The lowest BCUT2D eigenvalue weighted by Crippen LogP contribution is -2.39. The standard InChI is InChI=1S/C12H22N4O.ClH/c1-3-4-12-14-11(15-17-12)8-16(2)10(7-13)9-5-6-9;/h9-10H,3-8,13H2,1-2H3;1H. The normalized spacial score (nSPS) is 16.7. The molecule has 5 nitrogen and oxygen atoms in total. The van der Waals surface area contributed by atoms with Crippen molar-refractivity contribution in [1.82, 2.24) is 15.0 Å². The van der Waals surface area contributed by atoms with Gasteiger partial charge in [-0.3, -0.25) is 4.90 Å². The number of likely N-dealkylation sites (N-methyl/N-ethyl adjacent to an activating group) is 1. The van der Waals surface area contributed by atoms with Crippen molar-refractivity contribution in [2.75, 3.05) is 13.6 Å². The fraction of sp³-hybridized carbons (Fsp3) is 0.833. The quantitative estimate of drug-likeness (QED) is 0.818. The van der Waals surface area contributed by atoms with E-state index in [0.717, 1.165) is 37.0 Å². The Morgan fingerprint density at radius 3 is 2.78 bits per heavy atom. The molecule has 0 aromatic carbocycles. The SMILES string of the molecule is CCCc1nc(CN(C)C(CN)C2CC2)no1.Cl. The molecule has 18 heavy (non-hydrogen) atoms. The Morgan fingerprint density at radius 1 is 1.50 bits per heavy atom. The number of hydrogen-bond acceptors (Lipinski definition) is 5. The molecular formula is C12H23ClN4O. The molecule has 6 heteroatoms. The van der Waals surface area contributed by atoms with Gasteiger partial charge in [0.05, 0.1) is 6.54 Å². The van der Waals surface area contributed by atoms with Gasteiger partial charge in [0, 0.05) is 19.0 Å². The van der Waals surface area contributed by atoms with E-state index in [1.807, 2.05) is 0 Å². The second kappa shape index (κ2) is 7.07. The summed E-state index contributed by atoms with van der Waals surface area (Å²) in [5.41, 5.74) is 5.82. The van der Waals surface area contributed by atoms with Crippen LogP contribution in [-0.4, -0.2) is 34.7 Å². The van der Waals surface area contributed by atoms with E-state index in [4.69, 9.17) is 10.3 Å². The zero-order chi connectivity index (χ0) is 12.3. The van der Waals surface area contributed by atoms with Crippen LogP contribution in [0, 0.1) is 5.92 Å². The van der Waals surface area contributed by atoms with Crippen LogP contribution < -0.4 is 5.73 Å². The van der Waals surface area contributed by atoms with Gasteiger partial charge in [0.2, 0.25) is 5.89 Å². The molecule has 0 radical (unpaired) electrons. The molecule has 104 valence electrons. The first-order valence-electron chi connectivity index (χ1n) is 6.46. The topological polar surface area (TPSA) is 68.2 Å². The molecule has 1 saturated carbocycles. The van der Waals surface area contributed by atoms with Crippen molar-refractivity contribution < 1.29 is 4.52 Å². The number of nitrogens with two attached hydrogens (primary N) is 1. The smallest absolute Gasteiger partial charge is 0.226 e. The largest absolute Gasteiger partial charge is 0.339 e. The highest BCUT2D eigenvalue weighted by Crippen LogP contribution is 2.34. The van der Waals surface area contributed by atoms with Gasteiger partial charge in [0.1, 0.15) is 0 Å². The van der Waals surface area contributed by atoms with Crippen molar-refractivity contribution in [3.05, 3.63) is 11.7 Å². The van der Waals surface area contributed by atoms with E-state index in [-0.39, 0.29) is 12.4 Å². The molecule has 1 aromatic heterocycles. The van der Waals surface area contributed by atoms with Crippen molar-refractivity contribution in [1.29, 1.82) is 0 Å². The summed E-state index contributed by atoms with van der Waals surface area (Å²) < 4.78 is 5.18. The van der Waals surface area contributed by atoms with Crippen LogP contribution in [0.4, 0.5) is 0 Å². The zero-order valence-corrected chi connectivity index (χ0v) is 11.9. The van der Waals surface area contributed by atoms with E-state index < -0.39 is 0 Å². The molecule has 2 N–H and O–H groups in total. The molecule has 1 fully saturated rings. The molecule has 1 heterocycles. The van der Waals surface area contributed by atoms with Crippen molar-refractivity contribution in [3.8, 4) is 0 Å². The van der Waals surface area contributed by atoms with Crippen molar-refractivity contribution in [3.63, 3.8) is 0 Å². The lowest BCUT2D eigenvalue weighted by Gasteiger charge is -2.25. The van der Waals surface area contributed by atoms with E-state index in [1.165, 1.54) is 12.8 Å². The number of rotatable bonds is 7. The third kappa shape index (κ3) is 3.93. The van der Waals surface area contributed by atoms with Crippen LogP contribution in [0.15, 0.2) is 4.52 Å². The number of aryl methyl sites for hydroxylation is 1. The first-order chi connectivity index (χ1) is 8.24. The van der Waals surface area contributed by atoms with Gasteiger partial charge in [-0.05, 0) is 32.2 Å². The molecule has 1 atom stereocenters. The van der Waals surface area contributed by atoms with Crippen LogP contribution in [0.25, 0.3) is 0 Å². The monoisotopic (exact) mass is 274 g/mol. The van der Waals surface area contributed by atoms with Gasteiger partial charge in [-0.2, -0.15) is 4.98 Å². The molecule has 0 amide bonds. The fourth-order valence-corrected chi connectivity index (χ4v) is 2.22. The fourth-order valence-electron chi connectivity index (χ4n) is 2.22. The summed E-state index contributed by atoms with van der Waals surface area (Å²) in [7, 11) is 2.09. The van der Waals surface area contributed by atoms with Crippen molar-refractivity contribution in [2.45, 2.75) is 45.2 Å². The molecule has 0 spiro atoms. The summed E-state index contributed by atoms with van der Waals surface area (Å²) in [5, 5.41) is 4.00. The lowest BCUT2D eigenvalue weighted by atomic mass is 10.1. The second-order valence-corrected chi connectivity index (χ2v) is 4.91. The van der Waals surface area contributed by atoms with Crippen LogP contribution in [0.1, 0.15) is 37.9 Å². The highest BCUT2D eigenvalue weighted by atomic mass is 35.5. The molecule has 1 aliphatic rings. The molecule has 1 aliphatic carbocycles. The van der Waals surface area contributed by atoms with Gasteiger partial charge in [-0.15, -0.1) is 12.4 Å². The van der Waals surface area contributed by atoms with Crippen LogP contribution >= 0.6 is 12.4 Å². The van der Waals surface area contributed by atoms with Crippen LogP contribution in [0.5, 0.6) is 0 Å². The number of halogens is 1. The van der Waals surface area contributed by atoms with E-state index in [0.29, 0.717) is 12.6 Å². The Morgan fingerprint density at radius 2 is 2.22 bits per heavy atom.